The molecule has 0 saturated heterocycles. The van der Waals surface area contributed by atoms with Gasteiger partial charge in [-0.1, -0.05) is 47.5 Å². The Balaban J connectivity index is 2.11. The maximum atomic E-state index is 13.7. The number of halogens is 4. The van der Waals surface area contributed by atoms with Gasteiger partial charge >= 0.3 is 0 Å². The average molecular weight is 317 g/mol. The summed E-state index contributed by atoms with van der Waals surface area (Å²) in [5.41, 5.74) is 0.597. The predicted octanol–water partition coefficient (Wildman–Crippen LogP) is 4.42. The molecule has 0 fully saturated rings. The van der Waals surface area contributed by atoms with E-state index in [-0.39, 0.29) is 22.9 Å². The summed E-state index contributed by atoms with van der Waals surface area (Å²) in [5, 5.41) is 9.97. The molecule has 2 aromatic carbocycles. The first-order chi connectivity index (χ1) is 9.49. The van der Waals surface area contributed by atoms with Crippen LogP contribution < -0.4 is 0 Å². The quantitative estimate of drug-likeness (QED) is 0.885. The highest BCUT2D eigenvalue weighted by molar-refractivity contribution is 6.31. The van der Waals surface area contributed by atoms with Gasteiger partial charge in [-0.3, -0.25) is 0 Å². The molecule has 0 atom stereocenters. The van der Waals surface area contributed by atoms with Gasteiger partial charge in [0.15, 0.2) is 0 Å². The van der Waals surface area contributed by atoms with E-state index in [0.29, 0.717) is 11.1 Å². The van der Waals surface area contributed by atoms with Crippen LogP contribution >= 0.6 is 23.2 Å². The Hall–Kier alpha value is -1.16. The Kier molecular flexibility index (Phi) is 4.97. The SMILES string of the molecule is OC(Cc1cccc(Cl)c1F)Cc1cccc(Cl)c1F. The summed E-state index contributed by atoms with van der Waals surface area (Å²) >= 11 is 11.3. The van der Waals surface area contributed by atoms with Crippen molar-refractivity contribution in [2.75, 3.05) is 0 Å². The Morgan fingerprint density at radius 1 is 0.850 bits per heavy atom. The minimum Gasteiger partial charge on any atom is -0.392 e. The monoisotopic (exact) mass is 316 g/mol. The molecule has 0 aliphatic rings. The van der Waals surface area contributed by atoms with Crippen LogP contribution in [0, 0.1) is 11.6 Å². The van der Waals surface area contributed by atoms with Gasteiger partial charge in [-0.15, -0.1) is 0 Å². The number of hydrogen-bond donors (Lipinski definition) is 1. The second-order valence-corrected chi connectivity index (χ2v) is 5.30. The lowest BCUT2D eigenvalue weighted by atomic mass is 10.0. The van der Waals surface area contributed by atoms with Crippen LogP contribution in [0.1, 0.15) is 11.1 Å². The molecule has 1 N–H and O–H groups in total. The molecule has 0 heterocycles. The van der Waals surface area contributed by atoms with Gasteiger partial charge in [0.25, 0.3) is 0 Å². The summed E-state index contributed by atoms with van der Waals surface area (Å²) in [7, 11) is 0. The number of aliphatic hydroxyl groups is 1. The standard InChI is InChI=1S/C15H12Cl2F2O/c16-12-5-1-3-9(14(12)18)7-11(20)8-10-4-2-6-13(17)15(10)19/h1-6,11,20H,7-8H2. The van der Waals surface area contributed by atoms with Crippen LogP contribution in [-0.4, -0.2) is 11.2 Å². The van der Waals surface area contributed by atoms with E-state index in [0.717, 1.165) is 0 Å². The largest absolute Gasteiger partial charge is 0.392 e. The number of rotatable bonds is 4. The first-order valence-electron chi connectivity index (χ1n) is 6.03. The first-order valence-corrected chi connectivity index (χ1v) is 6.78. The van der Waals surface area contributed by atoms with E-state index in [1.165, 1.54) is 12.1 Å². The van der Waals surface area contributed by atoms with Crippen LogP contribution in [0.3, 0.4) is 0 Å². The molecule has 0 saturated carbocycles. The van der Waals surface area contributed by atoms with E-state index in [1.807, 2.05) is 0 Å². The van der Waals surface area contributed by atoms with Crippen molar-refractivity contribution in [3.05, 3.63) is 69.2 Å². The summed E-state index contributed by atoms with van der Waals surface area (Å²) < 4.78 is 27.4. The van der Waals surface area contributed by atoms with E-state index in [1.54, 1.807) is 24.3 Å². The molecule has 0 bridgehead atoms. The summed E-state index contributed by atoms with van der Waals surface area (Å²) in [4.78, 5) is 0. The smallest absolute Gasteiger partial charge is 0.145 e. The molecule has 2 rings (SSSR count). The zero-order valence-corrected chi connectivity index (χ0v) is 11.9. The van der Waals surface area contributed by atoms with Crippen molar-refractivity contribution < 1.29 is 13.9 Å². The van der Waals surface area contributed by atoms with Gasteiger partial charge < -0.3 is 5.11 Å². The molecule has 0 aliphatic carbocycles. The highest BCUT2D eigenvalue weighted by atomic mass is 35.5. The average Bonchev–Trinajstić information content (AvgIpc) is 2.40. The normalized spacial score (nSPS) is 11.1. The molecule has 5 heteroatoms. The number of aliphatic hydroxyl groups excluding tert-OH is 1. The minimum absolute atomic E-state index is 0.00337. The van der Waals surface area contributed by atoms with Crippen molar-refractivity contribution >= 4 is 23.2 Å². The fraction of sp³-hybridized carbons (Fsp3) is 0.200. The van der Waals surface area contributed by atoms with Crippen molar-refractivity contribution in [3.8, 4) is 0 Å². The second-order valence-electron chi connectivity index (χ2n) is 4.49. The van der Waals surface area contributed by atoms with Crippen LogP contribution in [0.2, 0.25) is 10.0 Å². The Morgan fingerprint density at radius 3 is 1.65 bits per heavy atom. The summed E-state index contributed by atoms with van der Waals surface area (Å²) in [6.07, 6.45) is -0.813. The lowest BCUT2D eigenvalue weighted by molar-refractivity contribution is 0.173. The Bertz CT molecular complexity index is 563. The predicted molar refractivity (Wildman–Crippen MR) is 76.2 cm³/mol. The summed E-state index contributed by atoms with van der Waals surface area (Å²) in [6, 6.07) is 9.16. The fourth-order valence-corrected chi connectivity index (χ4v) is 2.38. The van der Waals surface area contributed by atoms with Gasteiger partial charge in [0.05, 0.1) is 16.1 Å². The van der Waals surface area contributed by atoms with Crippen LogP contribution in [0.4, 0.5) is 8.78 Å². The highest BCUT2D eigenvalue weighted by Gasteiger charge is 2.15. The Labute approximate surface area is 125 Å². The number of hydrogen-bond acceptors (Lipinski definition) is 1. The van der Waals surface area contributed by atoms with Gasteiger partial charge in [-0.05, 0) is 23.3 Å². The third-order valence-electron chi connectivity index (χ3n) is 2.97. The van der Waals surface area contributed by atoms with E-state index in [9.17, 15) is 13.9 Å². The van der Waals surface area contributed by atoms with E-state index < -0.39 is 17.7 Å². The number of benzene rings is 2. The fourth-order valence-electron chi connectivity index (χ4n) is 1.99. The zero-order valence-electron chi connectivity index (χ0n) is 10.4. The van der Waals surface area contributed by atoms with Crippen molar-refractivity contribution in [1.29, 1.82) is 0 Å². The van der Waals surface area contributed by atoms with Crippen molar-refractivity contribution in [1.82, 2.24) is 0 Å². The second kappa shape index (κ2) is 6.53. The molecular formula is C15H12Cl2F2O. The topological polar surface area (TPSA) is 20.2 Å². The molecule has 0 amide bonds. The molecule has 0 radical (unpaired) electrons. The van der Waals surface area contributed by atoms with E-state index >= 15 is 0 Å². The summed E-state index contributed by atoms with van der Waals surface area (Å²) in [5.74, 6) is -1.11. The zero-order chi connectivity index (χ0) is 14.7. The van der Waals surface area contributed by atoms with Crippen LogP contribution in [-0.2, 0) is 12.8 Å². The maximum Gasteiger partial charge on any atom is 0.145 e. The molecule has 1 nitrogen and oxygen atoms in total. The molecule has 0 aliphatic heterocycles. The van der Waals surface area contributed by atoms with E-state index in [4.69, 9.17) is 23.2 Å². The first kappa shape index (κ1) is 15.2. The molecule has 0 unspecified atom stereocenters. The van der Waals surface area contributed by atoms with Crippen LogP contribution in [0.15, 0.2) is 36.4 Å². The van der Waals surface area contributed by atoms with Crippen molar-refractivity contribution in [3.63, 3.8) is 0 Å². The van der Waals surface area contributed by atoms with Gasteiger partial charge in [0, 0.05) is 12.8 Å². The third-order valence-corrected chi connectivity index (χ3v) is 3.56. The lowest BCUT2D eigenvalue weighted by Gasteiger charge is -2.13. The van der Waals surface area contributed by atoms with Gasteiger partial charge in [-0.25, -0.2) is 8.78 Å². The van der Waals surface area contributed by atoms with E-state index in [2.05, 4.69) is 0 Å². The molecule has 20 heavy (non-hydrogen) atoms. The maximum absolute atomic E-state index is 13.7. The lowest BCUT2D eigenvalue weighted by Crippen LogP contribution is -2.16. The molecule has 2 aromatic rings. The van der Waals surface area contributed by atoms with Crippen molar-refractivity contribution in [2.24, 2.45) is 0 Å². The molecule has 0 aromatic heterocycles. The van der Waals surface area contributed by atoms with Crippen molar-refractivity contribution in [2.45, 2.75) is 18.9 Å². The van der Waals surface area contributed by atoms with Gasteiger partial charge in [0.2, 0.25) is 0 Å². The summed E-state index contributed by atoms with van der Waals surface area (Å²) in [6.45, 7) is 0. The van der Waals surface area contributed by atoms with Gasteiger partial charge in [0.1, 0.15) is 11.6 Å². The van der Waals surface area contributed by atoms with Crippen LogP contribution in [0.5, 0.6) is 0 Å². The van der Waals surface area contributed by atoms with Gasteiger partial charge in [-0.2, -0.15) is 0 Å². The van der Waals surface area contributed by atoms with Crippen LogP contribution in [0.25, 0.3) is 0 Å². The Morgan fingerprint density at radius 2 is 1.25 bits per heavy atom. The molecule has 106 valence electrons. The highest BCUT2D eigenvalue weighted by Crippen LogP contribution is 2.22. The minimum atomic E-state index is -0.920. The third kappa shape index (κ3) is 3.48. The molecular weight excluding hydrogens is 305 g/mol. The molecule has 0 spiro atoms.